The van der Waals surface area contributed by atoms with Crippen LogP contribution in [0.4, 0.5) is 5.82 Å². The normalized spacial score (nSPS) is 21.3. The van der Waals surface area contributed by atoms with E-state index < -0.39 is 10.0 Å². The van der Waals surface area contributed by atoms with Crippen LogP contribution in [0.2, 0.25) is 0 Å². The Bertz CT molecular complexity index is 570. The van der Waals surface area contributed by atoms with Crippen molar-refractivity contribution in [3.05, 3.63) is 6.20 Å². The summed E-state index contributed by atoms with van der Waals surface area (Å²) in [7, 11) is -3.71. The van der Waals surface area contributed by atoms with Gasteiger partial charge >= 0.3 is 0 Å². The number of sulfonamides is 1. The van der Waals surface area contributed by atoms with Gasteiger partial charge in [-0.2, -0.15) is 9.40 Å². The third-order valence-electron chi connectivity index (χ3n) is 3.83. The number of aryl methyl sites for hydroxylation is 1. The molecule has 0 saturated carbocycles. The zero-order valence-electron chi connectivity index (χ0n) is 12.4. The van der Waals surface area contributed by atoms with Crippen molar-refractivity contribution in [3.8, 4) is 0 Å². The first-order chi connectivity index (χ1) is 10.0. The minimum Gasteiger partial charge on any atom is -0.395 e. The molecule has 3 N–H and O–H groups in total. The highest BCUT2D eigenvalue weighted by Crippen LogP contribution is 2.27. The van der Waals surface area contributed by atoms with Gasteiger partial charge in [-0.1, -0.05) is 19.8 Å². The van der Waals surface area contributed by atoms with Crippen molar-refractivity contribution in [2.45, 2.75) is 56.5 Å². The molecule has 7 nitrogen and oxygen atoms in total. The van der Waals surface area contributed by atoms with Gasteiger partial charge in [0.15, 0.2) is 5.82 Å². The summed E-state index contributed by atoms with van der Waals surface area (Å²) in [6.45, 7) is 2.87. The second-order valence-electron chi connectivity index (χ2n) is 5.44. The van der Waals surface area contributed by atoms with Crippen LogP contribution in [0.25, 0.3) is 0 Å². The molecule has 1 aliphatic heterocycles. The zero-order chi connectivity index (χ0) is 15.5. The molecule has 1 aliphatic rings. The molecule has 0 spiro atoms. The lowest BCUT2D eigenvalue weighted by atomic mass is 10.1. The Morgan fingerprint density at radius 3 is 2.86 bits per heavy atom. The number of aliphatic hydroxyl groups is 1. The number of hydrogen-bond acceptors (Lipinski definition) is 5. The number of aliphatic hydroxyl groups excluding tert-OH is 1. The molecule has 1 saturated heterocycles. The molecule has 1 unspecified atom stereocenters. The number of nitrogens with two attached hydrogens (primary N) is 1. The highest BCUT2D eigenvalue weighted by atomic mass is 32.2. The number of nitrogen functional groups attached to an aromatic ring is 1. The maximum Gasteiger partial charge on any atom is 0.248 e. The van der Waals surface area contributed by atoms with Crippen molar-refractivity contribution < 1.29 is 13.5 Å². The molecule has 0 aromatic carbocycles. The Labute approximate surface area is 125 Å². The SMILES string of the molecule is CCCn1cc(S(=O)(=O)N2CCCCCC2CO)c(N)n1. The summed E-state index contributed by atoms with van der Waals surface area (Å²) in [6.07, 6.45) is 5.74. The quantitative estimate of drug-likeness (QED) is 0.836. The van der Waals surface area contributed by atoms with Gasteiger partial charge in [-0.15, -0.1) is 0 Å². The van der Waals surface area contributed by atoms with Gasteiger partial charge in [-0.25, -0.2) is 8.42 Å². The zero-order valence-corrected chi connectivity index (χ0v) is 13.2. The van der Waals surface area contributed by atoms with Gasteiger partial charge in [0.25, 0.3) is 0 Å². The number of nitrogens with zero attached hydrogens (tertiary/aromatic N) is 3. The van der Waals surface area contributed by atoms with E-state index in [2.05, 4.69) is 5.10 Å². The number of aromatic nitrogens is 2. The topological polar surface area (TPSA) is 101 Å². The fourth-order valence-corrected chi connectivity index (χ4v) is 4.48. The summed E-state index contributed by atoms with van der Waals surface area (Å²) in [5.74, 6) is 0.0318. The van der Waals surface area contributed by atoms with Crippen LogP contribution in [0.1, 0.15) is 39.0 Å². The average molecular weight is 316 g/mol. The predicted molar refractivity (Wildman–Crippen MR) is 80.2 cm³/mol. The lowest BCUT2D eigenvalue weighted by Crippen LogP contribution is -2.42. The van der Waals surface area contributed by atoms with Gasteiger partial charge < -0.3 is 10.8 Å². The monoisotopic (exact) mass is 316 g/mol. The molecule has 2 heterocycles. The summed E-state index contributed by atoms with van der Waals surface area (Å²) in [5, 5.41) is 13.6. The van der Waals surface area contributed by atoms with E-state index in [0.717, 1.165) is 25.7 Å². The van der Waals surface area contributed by atoms with Crippen LogP contribution < -0.4 is 5.73 Å². The smallest absolute Gasteiger partial charge is 0.248 e. The minimum absolute atomic E-state index is 0.0318. The summed E-state index contributed by atoms with van der Waals surface area (Å²) < 4.78 is 28.6. The third-order valence-corrected chi connectivity index (χ3v) is 5.80. The van der Waals surface area contributed by atoms with Crippen LogP contribution in [0, 0.1) is 0 Å². The lowest BCUT2D eigenvalue weighted by molar-refractivity contribution is 0.186. The first-order valence-corrected chi connectivity index (χ1v) is 8.90. The Kier molecular flexibility index (Phi) is 5.23. The first-order valence-electron chi connectivity index (χ1n) is 7.46. The number of rotatable bonds is 5. The van der Waals surface area contributed by atoms with E-state index in [1.165, 1.54) is 10.5 Å². The van der Waals surface area contributed by atoms with Gasteiger partial charge in [-0.3, -0.25) is 4.68 Å². The average Bonchev–Trinajstić information content (AvgIpc) is 2.68. The molecule has 1 atom stereocenters. The van der Waals surface area contributed by atoms with Crippen molar-refractivity contribution in [2.24, 2.45) is 0 Å². The molecular formula is C13H24N4O3S. The van der Waals surface area contributed by atoms with E-state index in [4.69, 9.17) is 5.73 Å². The van der Waals surface area contributed by atoms with Crippen molar-refractivity contribution in [2.75, 3.05) is 18.9 Å². The fourth-order valence-electron chi connectivity index (χ4n) is 2.74. The molecule has 0 amide bonds. The molecule has 2 rings (SSSR count). The number of anilines is 1. The lowest BCUT2D eigenvalue weighted by Gasteiger charge is -2.27. The molecule has 0 bridgehead atoms. The maximum absolute atomic E-state index is 12.8. The molecule has 1 fully saturated rings. The fraction of sp³-hybridized carbons (Fsp3) is 0.769. The van der Waals surface area contributed by atoms with Gasteiger partial charge in [0.2, 0.25) is 10.0 Å². The van der Waals surface area contributed by atoms with Crippen molar-refractivity contribution in [1.29, 1.82) is 0 Å². The van der Waals surface area contributed by atoms with Crippen LogP contribution >= 0.6 is 0 Å². The van der Waals surface area contributed by atoms with Crippen LogP contribution in [-0.2, 0) is 16.6 Å². The van der Waals surface area contributed by atoms with E-state index in [9.17, 15) is 13.5 Å². The maximum atomic E-state index is 12.8. The van der Waals surface area contributed by atoms with E-state index in [0.29, 0.717) is 19.5 Å². The first kappa shape index (κ1) is 16.3. The van der Waals surface area contributed by atoms with Gasteiger partial charge in [0, 0.05) is 25.3 Å². The summed E-state index contributed by atoms with van der Waals surface area (Å²) in [5.41, 5.74) is 5.79. The van der Waals surface area contributed by atoms with Gasteiger partial charge in [-0.05, 0) is 19.3 Å². The van der Waals surface area contributed by atoms with E-state index in [1.54, 1.807) is 4.68 Å². The summed E-state index contributed by atoms with van der Waals surface area (Å²) in [6, 6.07) is -0.369. The molecule has 120 valence electrons. The summed E-state index contributed by atoms with van der Waals surface area (Å²) in [4.78, 5) is 0.0521. The van der Waals surface area contributed by atoms with Crippen molar-refractivity contribution >= 4 is 15.8 Å². The molecular weight excluding hydrogens is 292 g/mol. The molecule has 21 heavy (non-hydrogen) atoms. The van der Waals surface area contributed by atoms with Crippen molar-refractivity contribution in [1.82, 2.24) is 14.1 Å². The van der Waals surface area contributed by atoms with Gasteiger partial charge in [0.1, 0.15) is 4.90 Å². The highest BCUT2D eigenvalue weighted by molar-refractivity contribution is 7.89. The number of hydrogen-bond donors (Lipinski definition) is 2. The van der Waals surface area contributed by atoms with Crippen molar-refractivity contribution in [3.63, 3.8) is 0 Å². The molecule has 1 aromatic rings. The predicted octanol–water partition coefficient (Wildman–Crippen LogP) is 0.801. The molecule has 8 heteroatoms. The molecule has 0 radical (unpaired) electrons. The Morgan fingerprint density at radius 2 is 2.19 bits per heavy atom. The summed E-state index contributed by atoms with van der Waals surface area (Å²) >= 11 is 0. The van der Waals surface area contributed by atoms with Crippen LogP contribution in [0.15, 0.2) is 11.1 Å². The second-order valence-corrected chi connectivity index (χ2v) is 7.30. The largest absolute Gasteiger partial charge is 0.395 e. The molecule has 1 aromatic heterocycles. The Morgan fingerprint density at radius 1 is 1.43 bits per heavy atom. The van der Waals surface area contributed by atoms with E-state index in [-0.39, 0.29) is 23.4 Å². The third kappa shape index (κ3) is 3.38. The van der Waals surface area contributed by atoms with Crippen LogP contribution in [0.5, 0.6) is 0 Å². The Hall–Kier alpha value is -1.12. The van der Waals surface area contributed by atoms with Crippen LogP contribution in [-0.4, -0.2) is 46.8 Å². The standard InChI is InChI=1S/C13H24N4O3S/c1-2-7-16-9-12(13(14)15-16)21(19,20)17-8-5-3-4-6-11(17)10-18/h9,11,18H,2-8,10H2,1H3,(H2,14,15). The molecule has 0 aliphatic carbocycles. The minimum atomic E-state index is -3.71. The highest BCUT2D eigenvalue weighted by Gasteiger charge is 2.34. The Balaban J connectivity index is 2.35. The second kappa shape index (κ2) is 6.76. The van der Waals surface area contributed by atoms with Gasteiger partial charge in [0.05, 0.1) is 6.61 Å². The van der Waals surface area contributed by atoms with E-state index >= 15 is 0 Å². The van der Waals surface area contributed by atoms with Crippen LogP contribution in [0.3, 0.4) is 0 Å². The van der Waals surface area contributed by atoms with E-state index in [1.807, 2.05) is 6.92 Å².